The molecule has 3 heterocycles. The van der Waals surface area contributed by atoms with Gasteiger partial charge in [0.2, 0.25) is 10.0 Å². The number of hydrogen-bond acceptors (Lipinski definition) is 6. The average molecular weight is 423 g/mol. The molecule has 1 atom stereocenters. The van der Waals surface area contributed by atoms with E-state index < -0.39 is 15.3 Å². The Morgan fingerprint density at radius 3 is 2.60 bits per heavy atom. The maximum absolute atomic E-state index is 12.4. The van der Waals surface area contributed by atoms with Gasteiger partial charge in [0.1, 0.15) is 0 Å². The van der Waals surface area contributed by atoms with Crippen LogP contribution in [0.5, 0.6) is 0 Å². The van der Waals surface area contributed by atoms with Crippen molar-refractivity contribution in [2.45, 2.75) is 25.5 Å². The summed E-state index contributed by atoms with van der Waals surface area (Å²) >= 11 is 0. The minimum Gasteiger partial charge on any atom is -0.282 e. The van der Waals surface area contributed by atoms with Gasteiger partial charge in [-0.1, -0.05) is 13.0 Å². The number of nitrogens with zero attached hydrogens (tertiary/aromatic N) is 5. The molecular weight excluding hydrogens is 400 g/mol. The first-order valence-electron chi connectivity index (χ1n) is 9.58. The molecule has 0 aliphatic rings. The number of aryl methyl sites for hydroxylation is 1. The zero-order chi connectivity index (χ0) is 21.3. The molecule has 0 fully saturated rings. The number of sulfonamides is 1. The number of fused-ring (bicyclic) bond motifs is 1. The lowest BCUT2D eigenvalue weighted by Gasteiger charge is -2.13. The molecule has 0 saturated carbocycles. The van der Waals surface area contributed by atoms with Crippen LogP contribution in [-0.2, 0) is 17.1 Å². The molecule has 0 radical (unpaired) electrons. The summed E-state index contributed by atoms with van der Waals surface area (Å²) < 4.78 is 29.1. The maximum Gasteiger partial charge on any atom is 0.235 e. The SMILES string of the molecule is CCC(C)S(=O)(=O)Nc1cncc(-c2ccc3ncc(-c4cnn(C)c4)nc3c2)c1. The van der Waals surface area contributed by atoms with Crippen LogP contribution < -0.4 is 4.72 Å². The van der Waals surface area contributed by atoms with Crippen LogP contribution in [0.15, 0.2) is 55.2 Å². The highest BCUT2D eigenvalue weighted by Crippen LogP contribution is 2.26. The molecule has 0 bridgehead atoms. The van der Waals surface area contributed by atoms with Gasteiger partial charge in [0.05, 0.1) is 46.3 Å². The molecule has 1 aromatic carbocycles. The Balaban J connectivity index is 1.69. The lowest BCUT2D eigenvalue weighted by molar-refractivity contribution is 0.586. The van der Waals surface area contributed by atoms with Crippen molar-refractivity contribution in [2.24, 2.45) is 7.05 Å². The monoisotopic (exact) mass is 422 g/mol. The van der Waals surface area contributed by atoms with E-state index in [4.69, 9.17) is 4.98 Å². The van der Waals surface area contributed by atoms with E-state index in [1.165, 1.54) is 6.20 Å². The summed E-state index contributed by atoms with van der Waals surface area (Å²) in [5.41, 5.74) is 5.23. The summed E-state index contributed by atoms with van der Waals surface area (Å²) in [5.74, 6) is 0. The van der Waals surface area contributed by atoms with E-state index in [1.54, 1.807) is 36.3 Å². The minimum absolute atomic E-state index is 0.433. The zero-order valence-electron chi connectivity index (χ0n) is 16.9. The van der Waals surface area contributed by atoms with Gasteiger partial charge in [-0.25, -0.2) is 13.4 Å². The normalized spacial score (nSPS) is 12.8. The topological polar surface area (TPSA) is 103 Å². The van der Waals surface area contributed by atoms with Gasteiger partial charge in [0.25, 0.3) is 0 Å². The van der Waals surface area contributed by atoms with E-state index in [-0.39, 0.29) is 0 Å². The molecule has 1 N–H and O–H groups in total. The average Bonchev–Trinajstić information content (AvgIpc) is 3.18. The smallest absolute Gasteiger partial charge is 0.235 e. The summed E-state index contributed by atoms with van der Waals surface area (Å²) in [6.45, 7) is 3.52. The van der Waals surface area contributed by atoms with Crippen LogP contribution in [0.3, 0.4) is 0 Å². The molecule has 0 amide bonds. The number of rotatable bonds is 6. The Kier molecular flexibility index (Phi) is 5.21. The Hall–Kier alpha value is -3.33. The van der Waals surface area contributed by atoms with Crippen molar-refractivity contribution in [1.82, 2.24) is 24.7 Å². The van der Waals surface area contributed by atoms with Gasteiger partial charge in [-0.15, -0.1) is 0 Å². The number of benzene rings is 1. The van der Waals surface area contributed by atoms with Crippen molar-refractivity contribution >= 4 is 26.7 Å². The molecule has 8 nitrogen and oxygen atoms in total. The lowest BCUT2D eigenvalue weighted by Crippen LogP contribution is -2.24. The highest BCUT2D eigenvalue weighted by atomic mass is 32.2. The van der Waals surface area contributed by atoms with Crippen LogP contribution in [0.2, 0.25) is 0 Å². The molecule has 4 rings (SSSR count). The van der Waals surface area contributed by atoms with E-state index in [9.17, 15) is 8.42 Å². The summed E-state index contributed by atoms with van der Waals surface area (Å²) in [5, 5.41) is 3.70. The molecule has 0 saturated heterocycles. The molecule has 9 heteroatoms. The third kappa shape index (κ3) is 4.02. The quantitative estimate of drug-likeness (QED) is 0.509. The summed E-state index contributed by atoms with van der Waals surface area (Å²) in [6, 6.07) is 7.50. The third-order valence-corrected chi connectivity index (χ3v) is 6.89. The van der Waals surface area contributed by atoms with Crippen molar-refractivity contribution in [3.8, 4) is 22.4 Å². The van der Waals surface area contributed by atoms with Crippen LogP contribution in [-0.4, -0.2) is 38.4 Å². The largest absolute Gasteiger partial charge is 0.282 e. The first kappa shape index (κ1) is 20.0. The van der Waals surface area contributed by atoms with Gasteiger partial charge in [-0.2, -0.15) is 5.10 Å². The predicted molar refractivity (Wildman–Crippen MR) is 117 cm³/mol. The third-order valence-electron chi connectivity index (χ3n) is 4.98. The van der Waals surface area contributed by atoms with Gasteiger partial charge in [-0.3, -0.25) is 19.4 Å². The molecule has 0 aliphatic carbocycles. The van der Waals surface area contributed by atoms with E-state index in [0.717, 1.165) is 33.4 Å². The van der Waals surface area contributed by atoms with Crippen LogP contribution in [0, 0.1) is 0 Å². The summed E-state index contributed by atoms with van der Waals surface area (Å²) in [6.07, 6.45) is 9.09. The Morgan fingerprint density at radius 2 is 1.87 bits per heavy atom. The van der Waals surface area contributed by atoms with Crippen molar-refractivity contribution in [1.29, 1.82) is 0 Å². The van der Waals surface area contributed by atoms with Crippen LogP contribution >= 0.6 is 0 Å². The number of anilines is 1. The van der Waals surface area contributed by atoms with Crippen LogP contribution in [0.25, 0.3) is 33.4 Å². The number of pyridine rings is 1. The fourth-order valence-corrected chi connectivity index (χ4v) is 4.10. The molecule has 30 heavy (non-hydrogen) atoms. The van der Waals surface area contributed by atoms with Gasteiger partial charge in [0.15, 0.2) is 0 Å². The highest BCUT2D eigenvalue weighted by Gasteiger charge is 2.19. The van der Waals surface area contributed by atoms with Gasteiger partial charge < -0.3 is 0 Å². The van der Waals surface area contributed by atoms with Crippen LogP contribution in [0.4, 0.5) is 5.69 Å². The van der Waals surface area contributed by atoms with Crippen molar-refractivity contribution < 1.29 is 8.42 Å². The lowest BCUT2D eigenvalue weighted by atomic mass is 10.1. The van der Waals surface area contributed by atoms with Crippen molar-refractivity contribution in [2.75, 3.05) is 4.72 Å². The Bertz CT molecular complexity index is 1320. The van der Waals surface area contributed by atoms with Gasteiger partial charge >= 0.3 is 0 Å². The molecular formula is C21H22N6O2S. The molecule has 154 valence electrons. The van der Waals surface area contributed by atoms with E-state index in [0.29, 0.717) is 12.1 Å². The molecule has 0 aliphatic heterocycles. The Labute approximate surface area is 175 Å². The molecule has 1 unspecified atom stereocenters. The molecule has 4 aromatic rings. The summed E-state index contributed by atoms with van der Waals surface area (Å²) in [4.78, 5) is 13.4. The maximum atomic E-state index is 12.4. The minimum atomic E-state index is -3.45. The second-order valence-corrected chi connectivity index (χ2v) is 9.29. The number of nitrogens with one attached hydrogen (secondary N) is 1. The summed E-state index contributed by atoms with van der Waals surface area (Å²) in [7, 11) is -1.60. The zero-order valence-corrected chi connectivity index (χ0v) is 17.8. The molecule has 3 aromatic heterocycles. The van der Waals surface area contributed by atoms with E-state index >= 15 is 0 Å². The van der Waals surface area contributed by atoms with E-state index in [1.807, 2.05) is 38.4 Å². The first-order chi connectivity index (χ1) is 14.4. The van der Waals surface area contributed by atoms with Gasteiger partial charge in [-0.05, 0) is 37.1 Å². The van der Waals surface area contributed by atoms with Crippen molar-refractivity contribution in [3.05, 3.63) is 55.2 Å². The first-order valence-corrected chi connectivity index (χ1v) is 11.1. The second kappa shape index (κ2) is 7.83. The number of aromatic nitrogens is 5. The fraction of sp³-hybridized carbons (Fsp3) is 0.238. The van der Waals surface area contributed by atoms with E-state index in [2.05, 4.69) is 19.8 Å². The number of hydrogen-bond donors (Lipinski definition) is 1. The second-order valence-electron chi connectivity index (χ2n) is 7.19. The predicted octanol–water partition coefficient (Wildman–Crippen LogP) is 3.63. The van der Waals surface area contributed by atoms with Crippen LogP contribution in [0.1, 0.15) is 20.3 Å². The molecule has 0 spiro atoms. The fourth-order valence-electron chi connectivity index (χ4n) is 3.02. The Morgan fingerprint density at radius 1 is 1.03 bits per heavy atom. The van der Waals surface area contributed by atoms with Crippen molar-refractivity contribution in [3.63, 3.8) is 0 Å². The highest BCUT2D eigenvalue weighted by molar-refractivity contribution is 7.93. The standard InChI is InChI=1S/C21H22N6O2S/c1-4-14(2)30(28,29)26-18-7-16(9-22-11-18)15-5-6-19-20(8-15)25-21(12-23-19)17-10-24-27(3)13-17/h5-14,26H,4H2,1-3H3. The van der Waals surface area contributed by atoms with Gasteiger partial charge in [0, 0.05) is 30.6 Å².